The number of hydrogen-bond donors (Lipinski definition) is 1. The average Bonchev–Trinajstić information content (AvgIpc) is 2.88. The van der Waals surface area contributed by atoms with Crippen LogP contribution in [0.3, 0.4) is 0 Å². The van der Waals surface area contributed by atoms with Crippen LogP contribution in [0.2, 0.25) is 0 Å². The van der Waals surface area contributed by atoms with Crippen LogP contribution in [0.25, 0.3) is 0 Å². The van der Waals surface area contributed by atoms with Gasteiger partial charge >= 0.3 is 0 Å². The van der Waals surface area contributed by atoms with Crippen LogP contribution < -0.4 is 5.32 Å². The van der Waals surface area contributed by atoms with Crippen molar-refractivity contribution in [2.75, 3.05) is 0 Å². The van der Waals surface area contributed by atoms with Crippen LogP contribution in [0.15, 0.2) is 0 Å². The second kappa shape index (κ2) is 5.39. The zero-order valence-electron chi connectivity index (χ0n) is 12.2. The van der Waals surface area contributed by atoms with Crippen LogP contribution in [-0.2, 0) is 17.7 Å². The zero-order valence-corrected chi connectivity index (χ0v) is 13.0. The van der Waals surface area contributed by atoms with Gasteiger partial charge in [0.05, 0.1) is 22.9 Å². The Bertz CT molecular complexity index is 483. The van der Waals surface area contributed by atoms with E-state index >= 15 is 0 Å². The maximum Gasteiger partial charge on any atom is 0.0989 e. The van der Waals surface area contributed by atoms with Crippen molar-refractivity contribution in [3.63, 3.8) is 0 Å². The Kier molecular flexibility index (Phi) is 3.57. The summed E-state index contributed by atoms with van der Waals surface area (Å²) >= 11 is 1.95. The van der Waals surface area contributed by atoms with Crippen molar-refractivity contribution in [2.45, 2.75) is 82.6 Å². The van der Waals surface area contributed by atoms with E-state index in [0.29, 0.717) is 18.1 Å². The number of fused-ring (bicyclic) bond motifs is 2. The van der Waals surface area contributed by atoms with Gasteiger partial charge in [0.2, 0.25) is 0 Å². The molecule has 1 aromatic rings. The quantitative estimate of drug-likeness (QED) is 0.873. The summed E-state index contributed by atoms with van der Waals surface area (Å²) in [5.41, 5.74) is 1.35. The highest BCUT2D eigenvalue weighted by Crippen LogP contribution is 2.45. The van der Waals surface area contributed by atoms with Gasteiger partial charge in [0.1, 0.15) is 0 Å². The fraction of sp³-hybridized carbons (Fsp3) is 0.812. The van der Waals surface area contributed by atoms with Gasteiger partial charge in [-0.3, -0.25) is 0 Å². The number of aromatic nitrogens is 1. The van der Waals surface area contributed by atoms with Crippen LogP contribution in [0, 0.1) is 0 Å². The first kappa shape index (κ1) is 13.2. The van der Waals surface area contributed by atoms with Gasteiger partial charge in [-0.25, -0.2) is 4.98 Å². The molecule has 0 spiro atoms. The lowest BCUT2D eigenvalue weighted by Crippen LogP contribution is -2.15. The first-order chi connectivity index (χ1) is 9.83. The summed E-state index contributed by atoms with van der Waals surface area (Å²) in [6.45, 7) is 3.27. The second-order valence-corrected chi connectivity index (χ2v) is 7.66. The van der Waals surface area contributed by atoms with Crippen molar-refractivity contribution < 1.29 is 4.74 Å². The molecule has 3 heterocycles. The molecule has 3 unspecified atom stereocenters. The lowest BCUT2D eigenvalue weighted by molar-refractivity contribution is 0.100. The summed E-state index contributed by atoms with van der Waals surface area (Å²) in [5.74, 6) is 0.587. The molecule has 2 saturated heterocycles. The van der Waals surface area contributed by atoms with Crippen LogP contribution in [0.4, 0.5) is 0 Å². The van der Waals surface area contributed by atoms with Crippen LogP contribution >= 0.6 is 11.3 Å². The number of aryl methyl sites for hydroxylation is 1. The highest BCUT2D eigenvalue weighted by molar-refractivity contribution is 7.11. The monoisotopic (exact) mass is 292 g/mol. The predicted octanol–water partition coefficient (Wildman–Crippen LogP) is 3.38. The Hall–Kier alpha value is -0.450. The van der Waals surface area contributed by atoms with Crippen LogP contribution in [-0.4, -0.2) is 23.2 Å². The third-order valence-corrected chi connectivity index (χ3v) is 6.06. The Morgan fingerprint density at radius 1 is 1.30 bits per heavy atom. The molecule has 1 aliphatic carbocycles. The fourth-order valence-electron chi connectivity index (χ4n) is 3.55. The van der Waals surface area contributed by atoms with E-state index in [-0.39, 0.29) is 0 Å². The third-order valence-electron chi connectivity index (χ3n) is 4.83. The molecule has 3 atom stereocenters. The number of nitrogens with zero attached hydrogens (tertiary/aromatic N) is 1. The molecule has 2 aliphatic heterocycles. The van der Waals surface area contributed by atoms with Gasteiger partial charge in [-0.1, -0.05) is 13.3 Å². The normalized spacial score (nSPS) is 32.1. The molecule has 0 aromatic carbocycles. The largest absolute Gasteiger partial charge is 0.374 e. The first-order valence-electron chi connectivity index (χ1n) is 8.20. The standard InChI is InChI=1S/C16H24N2OS/c1-2-3-13-15(9-17-10-4-5-10)20-16(18-13)12-8-11-6-7-14(12)19-11/h10-12,14,17H,2-9H2,1H3. The molecule has 1 aromatic heterocycles. The summed E-state index contributed by atoms with van der Waals surface area (Å²) in [4.78, 5) is 6.48. The van der Waals surface area contributed by atoms with Gasteiger partial charge in [-0.05, 0) is 38.5 Å². The molecule has 0 radical (unpaired) electrons. The molecule has 4 rings (SSSR count). The minimum atomic E-state index is 0.463. The van der Waals surface area contributed by atoms with E-state index in [1.165, 1.54) is 54.1 Å². The Morgan fingerprint density at radius 2 is 2.20 bits per heavy atom. The van der Waals surface area contributed by atoms with E-state index in [9.17, 15) is 0 Å². The molecule has 2 bridgehead atoms. The van der Waals surface area contributed by atoms with E-state index in [2.05, 4.69) is 12.2 Å². The molecule has 4 heteroatoms. The molecule has 3 fully saturated rings. The number of hydrogen-bond acceptors (Lipinski definition) is 4. The molecule has 110 valence electrons. The van der Waals surface area contributed by atoms with Gasteiger partial charge in [0.15, 0.2) is 0 Å². The van der Waals surface area contributed by atoms with Crippen molar-refractivity contribution >= 4 is 11.3 Å². The van der Waals surface area contributed by atoms with E-state index in [1.54, 1.807) is 0 Å². The predicted molar refractivity (Wildman–Crippen MR) is 81.2 cm³/mol. The maximum atomic E-state index is 6.01. The summed E-state index contributed by atoms with van der Waals surface area (Å²) in [7, 11) is 0. The lowest BCUT2D eigenvalue weighted by atomic mass is 9.90. The van der Waals surface area contributed by atoms with Gasteiger partial charge in [0, 0.05) is 23.4 Å². The van der Waals surface area contributed by atoms with E-state index in [0.717, 1.165) is 19.0 Å². The topological polar surface area (TPSA) is 34.1 Å². The van der Waals surface area contributed by atoms with Gasteiger partial charge in [-0.15, -0.1) is 11.3 Å². The number of rotatable bonds is 6. The van der Waals surface area contributed by atoms with Crippen molar-refractivity contribution in [1.82, 2.24) is 10.3 Å². The molecule has 0 amide bonds. The van der Waals surface area contributed by atoms with Gasteiger partial charge in [-0.2, -0.15) is 0 Å². The summed E-state index contributed by atoms with van der Waals surface area (Å²) < 4.78 is 6.01. The van der Waals surface area contributed by atoms with Crippen LogP contribution in [0.5, 0.6) is 0 Å². The molecule has 1 N–H and O–H groups in total. The summed E-state index contributed by atoms with van der Waals surface area (Å²) in [6, 6.07) is 0.779. The van der Waals surface area contributed by atoms with Gasteiger partial charge in [0.25, 0.3) is 0 Å². The highest BCUT2D eigenvalue weighted by atomic mass is 32.1. The van der Waals surface area contributed by atoms with Crippen LogP contribution in [0.1, 0.15) is 66.9 Å². The summed E-state index contributed by atoms with van der Waals surface area (Å²) in [6.07, 6.45) is 9.73. The van der Waals surface area contributed by atoms with Crippen molar-refractivity contribution in [3.8, 4) is 0 Å². The SMILES string of the molecule is CCCc1nc(C2CC3CCC2O3)sc1CNC1CC1. The smallest absolute Gasteiger partial charge is 0.0989 e. The molecule has 3 aliphatic rings. The number of ether oxygens (including phenoxy) is 1. The van der Waals surface area contributed by atoms with Crippen molar-refractivity contribution in [1.29, 1.82) is 0 Å². The molecule has 20 heavy (non-hydrogen) atoms. The molecule has 1 saturated carbocycles. The van der Waals surface area contributed by atoms with E-state index in [1.807, 2.05) is 11.3 Å². The minimum Gasteiger partial charge on any atom is -0.374 e. The van der Waals surface area contributed by atoms with E-state index < -0.39 is 0 Å². The maximum absolute atomic E-state index is 6.01. The highest BCUT2D eigenvalue weighted by Gasteiger charge is 2.43. The second-order valence-electron chi connectivity index (χ2n) is 6.54. The fourth-order valence-corrected chi connectivity index (χ4v) is 4.78. The van der Waals surface area contributed by atoms with Gasteiger partial charge < -0.3 is 10.1 Å². The van der Waals surface area contributed by atoms with E-state index in [4.69, 9.17) is 9.72 Å². The molecule has 3 nitrogen and oxygen atoms in total. The number of thiazole rings is 1. The molecular weight excluding hydrogens is 268 g/mol. The Labute approximate surface area is 125 Å². The third kappa shape index (κ3) is 2.53. The van der Waals surface area contributed by atoms with Crippen molar-refractivity contribution in [3.05, 3.63) is 15.6 Å². The average molecular weight is 292 g/mol. The first-order valence-corrected chi connectivity index (χ1v) is 9.02. The Balaban J connectivity index is 1.51. The minimum absolute atomic E-state index is 0.463. The zero-order chi connectivity index (χ0) is 13.5. The summed E-state index contributed by atoms with van der Waals surface area (Å²) in [5, 5.41) is 5.00. The molecular formula is C16H24N2OS. The van der Waals surface area contributed by atoms with Crippen molar-refractivity contribution in [2.24, 2.45) is 0 Å². The lowest BCUT2D eigenvalue weighted by Gasteiger charge is -2.15. The number of nitrogens with one attached hydrogen (secondary N) is 1. The Morgan fingerprint density at radius 3 is 2.85 bits per heavy atom.